The van der Waals surface area contributed by atoms with E-state index in [1.807, 2.05) is 20.2 Å². The van der Waals surface area contributed by atoms with Crippen LogP contribution in [-0.2, 0) is 11.8 Å². The third-order valence-corrected chi connectivity index (χ3v) is 2.03. The van der Waals surface area contributed by atoms with Gasteiger partial charge in [-0.3, -0.25) is 4.68 Å². The lowest BCUT2D eigenvalue weighted by molar-refractivity contribution is 0.0566. The smallest absolute Gasteiger partial charge is 0.0867 e. The lowest BCUT2D eigenvalue weighted by Gasteiger charge is -2.15. The van der Waals surface area contributed by atoms with Crippen LogP contribution in [-0.4, -0.2) is 28.6 Å². The maximum absolute atomic E-state index is 9.80. The number of aryl methyl sites for hydroxylation is 1. The minimum atomic E-state index is -0.492. The van der Waals surface area contributed by atoms with Gasteiger partial charge < -0.3 is 9.84 Å². The molecule has 1 aromatic heterocycles. The Hall–Kier alpha value is -0.870. The molecular weight excluding hydrogens is 168 g/mol. The molecule has 0 saturated carbocycles. The second kappa shape index (κ2) is 4.39. The van der Waals surface area contributed by atoms with E-state index in [1.54, 1.807) is 18.0 Å². The van der Waals surface area contributed by atoms with Crippen molar-refractivity contribution in [2.24, 2.45) is 13.0 Å². The Labute approximate surface area is 78.1 Å². The molecular formula is C9H16N2O2. The fraction of sp³-hybridized carbons (Fsp3) is 0.667. The number of nitrogens with zero attached hydrogens (tertiary/aromatic N) is 2. The van der Waals surface area contributed by atoms with Crippen LogP contribution in [0.2, 0.25) is 0 Å². The zero-order chi connectivity index (χ0) is 9.84. The normalized spacial score (nSPS) is 15.7. The van der Waals surface area contributed by atoms with Crippen LogP contribution in [0.15, 0.2) is 12.4 Å². The number of methoxy groups -OCH3 is 1. The molecule has 13 heavy (non-hydrogen) atoms. The summed E-state index contributed by atoms with van der Waals surface area (Å²) in [6.07, 6.45) is 3.00. The maximum Gasteiger partial charge on any atom is 0.0867 e. The molecule has 4 heteroatoms. The summed E-state index contributed by atoms with van der Waals surface area (Å²) in [7, 11) is 3.46. The summed E-state index contributed by atoms with van der Waals surface area (Å²) < 4.78 is 6.64. The number of aromatic nitrogens is 2. The monoisotopic (exact) mass is 184 g/mol. The van der Waals surface area contributed by atoms with Crippen molar-refractivity contribution in [2.45, 2.75) is 13.0 Å². The van der Waals surface area contributed by atoms with Crippen molar-refractivity contribution in [3.05, 3.63) is 18.0 Å². The Morgan fingerprint density at radius 2 is 2.38 bits per heavy atom. The van der Waals surface area contributed by atoms with E-state index in [0.29, 0.717) is 6.61 Å². The van der Waals surface area contributed by atoms with E-state index in [4.69, 9.17) is 4.74 Å². The molecule has 0 aromatic carbocycles. The highest BCUT2D eigenvalue weighted by atomic mass is 16.5. The number of hydrogen-bond acceptors (Lipinski definition) is 3. The van der Waals surface area contributed by atoms with Gasteiger partial charge in [0, 0.05) is 31.8 Å². The van der Waals surface area contributed by atoms with E-state index in [9.17, 15) is 5.11 Å². The van der Waals surface area contributed by atoms with Gasteiger partial charge in [-0.05, 0) is 0 Å². The number of hydrogen-bond donors (Lipinski definition) is 1. The summed E-state index contributed by atoms with van der Waals surface area (Å²) in [6, 6.07) is 0. The van der Waals surface area contributed by atoms with Crippen molar-refractivity contribution in [3.8, 4) is 0 Å². The summed E-state index contributed by atoms with van der Waals surface area (Å²) in [6.45, 7) is 2.50. The second-order valence-electron chi connectivity index (χ2n) is 3.32. The van der Waals surface area contributed by atoms with Crippen molar-refractivity contribution in [3.63, 3.8) is 0 Å². The molecule has 0 aliphatic rings. The molecule has 0 aliphatic heterocycles. The molecule has 1 heterocycles. The largest absolute Gasteiger partial charge is 0.388 e. The predicted octanol–water partition coefficient (Wildman–Crippen LogP) is 0.736. The number of aliphatic hydroxyl groups excluding tert-OH is 1. The first-order valence-corrected chi connectivity index (χ1v) is 4.30. The van der Waals surface area contributed by atoms with Crippen molar-refractivity contribution in [1.82, 2.24) is 9.78 Å². The van der Waals surface area contributed by atoms with Crippen LogP contribution in [0.4, 0.5) is 0 Å². The Morgan fingerprint density at radius 3 is 2.85 bits per heavy atom. The first kappa shape index (κ1) is 10.2. The SMILES string of the molecule is COCC(C)C(O)c1cnn(C)c1. The van der Waals surface area contributed by atoms with E-state index in [-0.39, 0.29) is 5.92 Å². The summed E-state index contributed by atoms with van der Waals surface area (Å²) in [4.78, 5) is 0. The van der Waals surface area contributed by atoms with Crippen LogP contribution in [0.1, 0.15) is 18.6 Å². The van der Waals surface area contributed by atoms with Gasteiger partial charge in [0.1, 0.15) is 0 Å². The Kier molecular flexibility index (Phi) is 3.45. The summed E-state index contributed by atoms with van der Waals surface area (Å²) in [5.41, 5.74) is 0.840. The molecule has 0 fully saturated rings. The quantitative estimate of drug-likeness (QED) is 0.750. The molecule has 0 radical (unpaired) electrons. The van der Waals surface area contributed by atoms with Crippen molar-refractivity contribution in [1.29, 1.82) is 0 Å². The van der Waals surface area contributed by atoms with Crippen molar-refractivity contribution < 1.29 is 9.84 Å². The summed E-state index contributed by atoms with van der Waals surface area (Å²) in [5, 5.41) is 13.8. The first-order valence-electron chi connectivity index (χ1n) is 4.30. The highest BCUT2D eigenvalue weighted by Gasteiger charge is 2.17. The van der Waals surface area contributed by atoms with Gasteiger partial charge in [-0.25, -0.2) is 0 Å². The van der Waals surface area contributed by atoms with Gasteiger partial charge >= 0.3 is 0 Å². The lowest BCUT2D eigenvalue weighted by atomic mass is 10.0. The van der Waals surface area contributed by atoms with Gasteiger partial charge in [0.2, 0.25) is 0 Å². The van der Waals surface area contributed by atoms with Crippen LogP contribution >= 0.6 is 0 Å². The molecule has 2 unspecified atom stereocenters. The maximum atomic E-state index is 9.80. The fourth-order valence-corrected chi connectivity index (χ4v) is 1.28. The average molecular weight is 184 g/mol. The molecule has 0 amide bonds. The molecule has 1 N–H and O–H groups in total. The highest BCUT2D eigenvalue weighted by Crippen LogP contribution is 2.20. The number of rotatable bonds is 4. The molecule has 1 aromatic rings. The average Bonchev–Trinajstić information content (AvgIpc) is 2.51. The van der Waals surface area contributed by atoms with Gasteiger partial charge in [-0.15, -0.1) is 0 Å². The molecule has 4 nitrogen and oxygen atoms in total. The van der Waals surface area contributed by atoms with E-state index in [0.717, 1.165) is 5.56 Å². The van der Waals surface area contributed by atoms with Gasteiger partial charge in [-0.2, -0.15) is 5.10 Å². The molecule has 0 saturated heterocycles. The van der Waals surface area contributed by atoms with Crippen molar-refractivity contribution >= 4 is 0 Å². The Balaban J connectivity index is 2.61. The second-order valence-corrected chi connectivity index (χ2v) is 3.32. The van der Waals surface area contributed by atoms with Crippen molar-refractivity contribution in [2.75, 3.05) is 13.7 Å². The van der Waals surface area contributed by atoms with Crippen LogP contribution in [0.5, 0.6) is 0 Å². The van der Waals surface area contributed by atoms with E-state index < -0.39 is 6.10 Å². The topological polar surface area (TPSA) is 47.3 Å². The number of ether oxygens (including phenoxy) is 1. The summed E-state index contributed by atoms with van der Waals surface area (Å²) in [5.74, 6) is 0.0919. The molecule has 1 rings (SSSR count). The Morgan fingerprint density at radius 1 is 1.69 bits per heavy atom. The van der Waals surface area contributed by atoms with E-state index >= 15 is 0 Å². The zero-order valence-electron chi connectivity index (χ0n) is 8.27. The van der Waals surface area contributed by atoms with Gasteiger partial charge in [0.25, 0.3) is 0 Å². The van der Waals surface area contributed by atoms with Gasteiger partial charge in [0.15, 0.2) is 0 Å². The molecule has 74 valence electrons. The minimum Gasteiger partial charge on any atom is -0.388 e. The van der Waals surface area contributed by atoms with Gasteiger partial charge in [0.05, 0.1) is 18.9 Å². The first-order chi connectivity index (χ1) is 6.15. The minimum absolute atomic E-state index is 0.0919. The fourth-order valence-electron chi connectivity index (χ4n) is 1.28. The number of aliphatic hydroxyl groups is 1. The van der Waals surface area contributed by atoms with E-state index in [1.165, 1.54) is 0 Å². The zero-order valence-corrected chi connectivity index (χ0v) is 8.27. The summed E-state index contributed by atoms with van der Waals surface area (Å²) >= 11 is 0. The lowest BCUT2D eigenvalue weighted by Crippen LogP contribution is -2.13. The van der Waals surface area contributed by atoms with Crippen LogP contribution in [0.25, 0.3) is 0 Å². The van der Waals surface area contributed by atoms with Crippen LogP contribution in [0.3, 0.4) is 0 Å². The van der Waals surface area contributed by atoms with Gasteiger partial charge in [-0.1, -0.05) is 6.92 Å². The third kappa shape index (κ3) is 2.54. The highest BCUT2D eigenvalue weighted by molar-refractivity contribution is 5.08. The molecule has 0 aliphatic carbocycles. The van der Waals surface area contributed by atoms with Crippen LogP contribution in [0, 0.1) is 5.92 Å². The molecule has 0 bridgehead atoms. The van der Waals surface area contributed by atoms with E-state index in [2.05, 4.69) is 5.10 Å². The third-order valence-electron chi connectivity index (χ3n) is 2.03. The van der Waals surface area contributed by atoms with Crippen LogP contribution < -0.4 is 0 Å². The molecule has 2 atom stereocenters. The predicted molar refractivity (Wildman–Crippen MR) is 49.2 cm³/mol. The molecule has 0 spiro atoms. The standard InChI is InChI=1S/C9H16N2O2/c1-7(6-13-3)9(12)8-4-10-11(2)5-8/h4-5,7,9,12H,6H2,1-3H3. The Bertz CT molecular complexity index is 260.